The van der Waals surface area contributed by atoms with E-state index in [1.165, 1.54) is 6.07 Å². The molecule has 6 heteroatoms. The molecule has 1 aromatic carbocycles. The molecule has 0 bridgehead atoms. The van der Waals surface area contributed by atoms with Gasteiger partial charge in [0.25, 0.3) is 0 Å². The lowest BCUT2D eigenvalue weighted by Crippen LogP contribution is -2.37. The van der Waals surface area contributed by atoms with Gasteiger partial charge in [0.2, 0.25) is 0 Å². The number of nitrogens with zero attached hydrogens (tertiary/aromatic N) is 2. The van der Waals surface area contributed by atoms with Crippen molar-refractivity contribution in [2.45, 2.75) is 18.9 Å². The van der Waals surface area contributed by atoms with Crippen molar-refractivity contribution in [2.75, 3.05) is 46.4 Å². The molecule has 0 aliphatic carbocycles. The summed E-state index contributed by atoms with van der Waals surface area (Å²) >= 11 is 0. The van der Waals surface area contributed by atoms with E-state index in [4.69, 9.17) is 4.74 Å². The Balaban J connectivity index is 1.81. The van der Waals surface area contributed by atoms with Crippen LogP contribution in [0.2, 0.25) is 0 Å². The van der Waals surface area contributed by atoms with Crippen molar-refractivity contribution < 1.29 is 19.7 Å². The number of phenols is 1. The quantitative estimate of drug-likeness (QED) is 0.708. The minimum Gasteiger partial charge on any atom is -0.508 e. The molecule has 0 spiro atoms. The Morgan fingerprint density at radius 2 is 2.09 bits per heavy atom. The summed E-state index contributed by atoms with van der Waals surface area (Å²) in [5.74, 6) is -0.805. The van der Waals surface area contributed by atoms with Crippen LogP contribution < -0.4 is 0 Å². The number of carboxylic acid groups (broad SMARTS) is 1. The summed E-state index contributed by atoms with van der Waals surface area (Å²) in [4.78, 5) is 15.8. The molecule has 1 atom stereocenters. The number of likely N-dealkylation sites (N-methyl/N-ethyl adjacent to an activating group) is 1. The van der Waals surface area contributed by atoms with Crippen molar-refractivity contribution in [3.63, 3.8) is 0 Å². The molecule has 0 amide bonds. The first kappa shape index (κ1) is 17.7. The lowest BCUT2D eigenvalue weighted by molar-refractivity contribution is -0.143. The second kappa shape index (κ2) is 8.86. The fraction of sp³-hybridized carbons (Fsp3) is 0.588. The highest BCUT2D eigenvalue weighted by Crippen LogP contribution is 2.23. The number of benzene rings is 1. The van der Waals surface area contributed by atoms with Crippen LogP contribution in [0.25, 0.3) is 0 Å². The smallest absolute Gasteiger partial charge is 0.325 e. The molecular weight excluding hydrogens is 296 g/mol. The zero-order valence-corrected chi connectivity index (χ0v) is 13.6. The van der Waals surface area contributed by atoms with Crippen LogP contribution in [0.3, 0.4) is 0 Å². The molecule has 1 saturated heterocycles. The summed E-state index contributed by atoms with van der Waals surface area (Å²) in [5, 5.41) is 19.1. The zero-order chi connectivity index (χ0) is 16.7. The molecule has 23 heavy (non-hydrogen) atoms. The molecule has 1 aliphatic heterocycles. The third kappa shape index (κ3) is 5.49. The van der Waals surface area contributed by atoms with E-state index in [9.17, 15) is 15.0 Å². The Kier molecular flexibility index (Phi) is 6.83. The predicted molar refractivity (Wildman–Crippen MR) is 87.6 cm³/mol. The minimum atomic E-state index is -0.897. The molecule has 2 rings (SSSR count). The number of phenolic OH excluding ortho intramolecular Hbond substituents is 1. The van der Waals surface area contributed by atoms with Gasteiger partial charge in [0.1, 0.15) is 11.8 Å². The van der Waals surface area contributed by atoms with Crippen LogP contribution in [0.15, 0.2) is 24.3 Å². The van der Waals surface area contributed by atoms with Crippen LogP contribution in [0.5, 0.6) is 5.75 Å². The molecule has 1 aromatic rings. The number of hydrogen-bond acceptors (Lipinski definition) is 5. The topological polar surface area (TPSA) is 73.2 Å². The van der Waals surface area contributed by atoms with Gasteiger partial charge >= 0.3 is 5.97 Å². The van der Waals surface area contributed by atoms with E-state index in [2.05, 4.69) is 4.90 Å². The zero-order valence-electron chi connectivity index (χ0n) is 13.6. The highest BCUT2D eigenvalue weighted by Gasteiger charge is 2.24. The van der Waals surface area contributed by atoms with E-state index in [-0.39, 0.29) is 5.75 Å². The van der Waals surface area contributed by atoms with E-state index >= 15 is 0 Å². The van der Waals surface area contributed by atoms with Gasteiger partial charge in [0.15, 0.2) is 0 Å². The summed E-state index contributed by atoms with van der Waals surface area (Å²) in [6, 6.07) is 5.74. The molecule has 0 unspecified atom stereocenters. The van der Waals surface area contributed by atoms with E-state index in [0.717, 1.165) is 45.7 Å². The highest BCUT2D eigenvalue weighted by atomic mass is 16.5. The van der Waals surface area contributed by atoms with E-state index < -0.39 is 12.0 Å². The number of carboxylic acids is 1. The standard InChI is InChI=1S/C17H26N2O4/c1-18(7-2-3-8-19-9-11-23-12-10-19)16(17(21)22)14-5-4-6-15(20)13-14/h4-6,13,16,20H,2-3,7-12H2,1H3,(H,21,22)/t16-/m1/s1. The number of morpholine rings is 1. The van der Waals surface area contributed by atoms with Gasteiger partial charge in [0.05, 0.1) is 13.2 Å². The van der Waals surface area contributed by atoms with Gasteiger partial charge in [-0.3, -0.25) is 14.6 Å². The number of aromatic hydroxyl groups is 1. The largest absolute Gasteiger partial charge is 0.508 e. The maximum Gasteiger partial charge on any atom is 0.325 e. The van der Waals surface area contributed by atoms with Crippen LogP contribution in [0.4, 0.5) is 0 Å². The Bertz CT molecular complexity index is 503. The Hall–Kier alpha value is -1.63. The molecule has 128 valence electrons. The lowest BCUT2D eigenvalue weighted by Gasteiger charge is -2.28. The van der Waals surface area contributed by atoms with Gasteiger partial charge in [-0.2, -0.15) is 0 Å². The van der Waals surface area contributed by atoms with E-state index in [1.54, 1.807) is 18.2 Å². The fourth-order valence-electron chi connectivity index (χ4n) is 2.93. The van der Waals surface area contributed by atoms with Crippen LogP contribution in [0.1, 0.15) is 24.4 Å². The first-order chi connectivity index (χ1) is 11.1. The van der Waals surface area contributed by atoms with Crippen LogP contribution in [0, 0.1) is 0 Å². The summed E-state index contributed by atoms with van der Waals surface area (Å²) in [6.07, 6.45) is 1.98. The van der Waals surface area contributed by atoms with Crippen molar-refractivity contribution in [2.24, 2.45) is 0 Å². The maximum absolute atomic E-state index is 11.6. The first-order valence-corrected chi connectivity index (χ1v) is 8.10. The number of ether oxygens (including phenoxy) is 1. The molecule has 0 radical (unpaired) electrons. The summed E-state index contributed by atoms with van der Waals surface area (Å²) in [6.45, 7) is 5.31. The van der Waals surface area contributed by atoms with Crippen molar-refractivity contribution in [1.82, 2.24) is 9.80 Å². The molecule has 1 fully saturated rings. The second-order valence-electron chi connectivity index (χ2n) is 5.98. The first-order valence-electron chi connectivity index (χ1n) is 8.10. The minimum absolute atomic E-state index is 0.0921. The van der Waals surface area contributed by atoms with Gasteiger partial charge < -0.3 is 14.9 Å². The van der Waals surface area contributed by atoms with Crippen LogP contribution in [-0.2, 0) is 9.53 Å². The third-order valence-electron chi connectivity index (χ3n) is 4.20. The number of hydrogen-bond donors (Lipinski definition) is 2. The summed E-state index contributed by atoms with van der Waals surface area (Å²) in [5.41, 5.74) is 0.605. The molecular formula is C17H26N2O4. The maximum atomic E-state index is 11.6. The molecule has 0 aromatic heterocycles. The van der Waals surface area contributed by atoms with Crippen LogP contribution >= 0.6 is 0 Å². The predicted octanol–water partition coefficient (Wildman–Crippen LogP) is 1.56. The average molecular weight is 322 g/mol. The van der Waals surface area contributed by atoms with Crippen molar-refractivity contribution >= 4 is 5.97 Å². The Labute approximate surface area is 137 Å². The molecule has 1 aliphatic rings. The number of carbonyl (C=O) groups is 1. The number of aliphatic carboxylic acids is 1. The monoisotopic (exact) mass is 322 g/mol. The summed E-state index contributed by atoms with van der Waals surface area (Å²) in [7, 11) is 1.82. The van der Waals surface area contributed by atoms with Gasteiger partial charge in [-0.1, -0.05) is 12.1 Å². The van der Waals surface area contributed by atoms with Gasteiger partial charge in [-0.25, -0.2) is 0 Å². The normalized spacial score (nSPS) is 17.3. The van der Waals surface area contributed by atoms with Crippen molar-refractivity contribution in [1.29, 1.82) is 0 Å². The van der Waals surface area contributed by atoms with E-state index in [1.807, 2.05) is 11.9 Å². The average Bonchev–Trinajstić information content (AvgIpc) is 2.52. The van der Waals surface area contributed by atoms with Crippen LogP contribution in [-0.4, -0.2) is 72.4 Å². The Morgan fingerprint density at radius 1 is 1.35 bits per heavy atom. The van der Waals surface area contributed by atoms with Crippen molar-refractivity contribution in [3.05, 3.63) is 29.8 Å². The number of unbranched alkanes of at least 4 members (excludes halogenated alkanes) is 1. The molecule has 1 heterocycles. The van der Waals surface area contributed by atoms with Gasteiger partial charge in [-0.05, 0) is 50.7 Å². The lowest BCUT2D eigenvalue weighted by atomic mass is 10.1. The highest BCUT2D eigenvalue weighted by molar-refractivity contribution is 5.75. The van der Waals surface area contributed by atoms with Gasteiger partial charge in [-0.15, -0.1) is 0 Å². The van der Waals surface area contributed by atoms with Crippen molar-refractivity contribution in [3.8, 4) is 5.75 Å². The molecule has 2 N–H and O–H groups in total. The molecule has 6 nitrogen and oxygen atoms in total. The number of rotatable bonds is 8. The SMILES string of the molecule is CN(CCCCN1CCOCC1)[C@@H](C(=O)O)c1cccc(O)c1. The molecule has 0 saturated carbocycles. The van der Waals surface area contributed by atoms with Gasteiger partial charge in [0, 0.05) is 13.1 Å². The Morgan fingerprint density at radius 3 is 2.74 bits per heavy atom. The second-order valence-corrected chi connectivity index (χ2v) is 5.98. The summed E-state index contributed by atoms with van der Waals surface area (Å²) < 4.78 is 5.33. The van der Waals surface area contributed by atoms with E-state index in [0.29, 0.717) is 12.1 Å². The fourth-order valence-corrected chi connectivity index (χ4v) is 2.93. The third-order valence-corrected chi connectivity index (χ3v) is 4.20.